The molecule has 0 heterocycles. The second-order valence-corrected chi connectivity index (χ2v) is 4.52. The summed E-state index contributed by atoms with van der Waals surface area (Å²) in [5, 5.41) is 37.8. The molecule has 0 saturated heterocycles. The van der Waals surface area contributed by atoms with E-state index in [9.17, 15) is 25.2 Å². The predicted molar refractivity (Wildman–Crippen MR) is 72.0 cm³/mol. The average Bonchev–Trinajstić information content (AvgIpc) is 2.38. The van der Waals surface area contributed by atoms with E-state index in [4.69, 9.17) is 0 Å². The smallest absolute Gasteiger partial charge is 0.141 e. The van der Waals surface area contributed by atoms with Gasteiger partial charge in [0.2, 0.25) is 0 Å². The van der Waals surface area contributed by atoms with Crippen molar-refractivity contribution in [3.05, 3.63) is 47.5 Å². The van der Waals surface area contributed by atoms with E-state index in [0.717, 1.165) is 0 Å². The minimum Gasteiger partial charge on any atom is -0.508 e. The SMILES string of the molecule is O=C(Cc1cc(O)ccc1O)Cc1cc(O)ccc1O. The van der Waals surface area contributed by atoms with Gasteiger partial charge < -0.3 is 20.4 Å². The quantitative estimate of drug-likeness (QED) is 0.638. The molecule has 0 bridgehead atoms. The molecule has 0 aromatic heterocycles. The van der Waals surface area contributed by atoms with Gasteiger partial charge in [0.1, 0.15) is 28.8 Å². The summed E-state index contributed by atoms with van der Waals surface area (Å²) in [6.07, 6.45) is -0.148. The number of hydrogen-bond donors (Lipinski definition) is 4. The van der Waals surface area contributed by atoms with Crippen LogP contribution in [0.3, 0.4) is 0 Å². The molecule has 2 aromatic rings. The Hall–Kier alpha value is -2.69. The van der Waals surface area contributed by atoms with E-state index in [1.165, 1.54) is 36.4 Å². The van der Waals surface area contributed by atoms with E-state index in [1.807, 2.05) is 0 Å². The third-order valence-corrected chi connectivity index (χ3v) is 2.90. The van der Waals surface area contributed by atoms with E-state index in [-0.39, 0.29) is 41.6 Å². The van der Waals surface area contributed by atoms with Crippen LogP contribution in [-0.2, 0) is 17.6 Å². The fraction of sp³-hybridized carbons (Fsp3) is 0.133. The maximum Gasteiger partial charge on any atom is 0.141 e. The summed E-state index contributed by atoms with van der Waals surface area (Å²) < 4.78 is 0. The number of aromatic hydroxyl groups is 4. The summed E-state index contributed by atoms with van der Waals surface area (Å²) in [7, 11) is 0. The molecule has 5 heteroatoms. The zero-order valence-corrected chi connectivity index (χ0v) is 10.6. The maximum absolute atomic E-state index is 11.9. The molecule has 20 heavy (non-hydrogen) atoms. The Bertz CT molecular complexity index is 593. The molecule has 104 valence electrons. The van der Waals surface area contributed by atoms with Crippen molar-refractivity contribution in [1.29, 1.82) is 0 Å². The standard InChI is InChI=1S/C15H14O5/c16-11-1-3-14(19)9(5-11)7-13(18)8-10-6-12(17)2-4-15(10)20/h1-6,16-17,19-20H,7-8H2. The average molecular weight is 274 g/mol. The first-order chi connectivity index (χ1) is 9.45. The Kier molecular flexibility index (Phi) is 3.79. The van der Waals surface area contributed by atoms with Gasteiger partial charge in [0.05, 0.1) is 0 Å². The molecule has 4 N–H and O–H groups in total. The van der Waals surface area contributed by atoms with Crippen LogP contribution in [0.1, 0.15) is 11.1 Å². The summed E-state index contributed by atoms with van der Waals surface area (Å²) in [4.78, 5) is 11.9. The predicted octanol–water partition coefficient (Wildman–Crippen LogP) is 1.86. The summed E-state index contributed by atoms with van der Waals surface area (Å²) >= 11 is 0. The highest BCUT2D eigenvalue weighted by molar-refractivity contribution is 5.84. The van der Waals surface area contributed by atoms with Gasteiger partial charge in [-0.2, -0.15) is 0 Å². The highest BCUT2D eigenvalue weighted by Gasteiger charge is 2.12. The molecule has 0 atom stereocenters. The van der Waals surface area contributed by atoms with Gasteiger partial charge in [0, 0.05) is 24.0 Å². The highest BCUT2D eigenvalue weighted by Crippen LogP contribution is 2.25. The number of carbonyl (C=O) groups excluding carboxylic acids is 1. The molecule has 0 spiro atoms. The Morgan fingerprint density at radius 3 is 1.55 bits per heavy atom. The zero-order chi connectivity index (χ0) is 14.7. The third kappa shape index (κ3) is 3.20. The number of ketones is 1. The van der Waals surface area contributed by atoms with Crippen LogP contribution in [0.5, 0.6) is 23.0 Å². The molecule has 0 unspecified atom stereocenters. The molecule has 0 fully saturated rings. The molecule has 0 aliphatic rings. The van der Waals surface area contributed by atoms with Crippen LogP contribution >= 0.6 is 0 Å². The molecule has 5 nitrogen and oxygen atoms in total. The molecular formula is C15H14O5. The van der Waals surface area contributed by atoms with E-state index >= 15 is 0 Å². The van der Waals surface area contributed by atoms with E-state index < -0.39 is 0 Å². The molecular weight excluding hydrogens is 260 g/mol. The molecule has 0 amide bonds. The zero-order valence-electron chi connectivity index (χ0n) is 10.6. The maximum atomic E-state index is 11.9. The minimum atomic E-state index is -0.258. The van der Waals surface area contributed by atoms with E-state index in [2.05, 4.69) is 0 Å². The van der Waals surface area contributed by atoms with Crippen LogP contribution in [0.25, 0.3) is 0 Å². The number of Topliss-reactive ketones (excluding diaryl/α,β-unsaturated/α-hetero) is 1. The second kappa shape index (κ2) is 5.52. The van der Waals surface area contributed by atoms with Crippen molar-refractivity contribution in [3.63, 3.8) is 0 Å². The van der Waals surface area contributed by atoms with E-state index in [0.29, 0.717) is 11.1 Å². The van der Waals surface area contributed by atoms with Crippen molar-refractivity contribution in [2.45, 2.75) is 12.8 Å². The fourth-order valence-electron chi connectivity index (χ4n) is 1.91. The molecule has 2 aromatic carbocycles. The Morgan fingerprint density at radius 1 is 0.750 bits per heavy atom. The van der Waals surface area contributed by atoms with Gasteiger partial charge in [0.15, 0.2) is 0 Å². The lowest BCUT2D eigenvalue weighted by atomic mass is 10.0. The topological polar surface area (TPSA) is 98.0 Å². The van der Waals surface area contributed by atoms with Crippen molar-refractivity contribution in [3.8, 4) is 23.0 Å². The second-order valence-electron chi connectivity index (χ2n) is 4.52. The lowest BCUT2D eigenvalue weighted by molar-refractivity contribution is -0.117. The fourth-order valence-corrected chi connectivity index (χ4v) is 1.91. The molecule has 0 saturated carbocycles. The summed E-state index contributed by atoms with van der Waals surface area (Å²) in [5.41, 5.74) is 0.629. The number of phenols is 4. The lowest BCUT2D eigenvalue weighted by Gasteiger charge is -2.07. The van der Waals surface area contributed by atoms with Gasteiger partial charge in [-0.05, 0) is 36.4 Å². The third-order valence-electron chi connectivity index (χ3n) is 2.90. The van der Waals surface area contributed by atoms with Crippen LogP contribution < -0.4 is 0 Å². The molecule has 0 aliphatic heterocycles. The van der Waals surface area contributed by atoms with Gasteiger partial charge in [-0.1, -0.05) is 0 Å². The first kappa shape index (κ1) is 13.7. The Labute approximate surface area is 115 Å². The molecule has 2 rings (SSSR count). The van der Waals surface area contributed by atoms with Gasteiger partial charge >= 0.3 is 0 Å². The highest BCUT2D eigenvalue weighted by atomic mass is 16.3. The summed E-state index contributed by atoms with van der Waals surface area (Å²) in [6, 6.07) is 7.90. The van der Waals surface area contributed by atoms with Crippen LogP contribution in [0, 0.1) is 0 Å². The van der Waals surface area contributed by atoms with Crippen molar-refractivity contribution in [1.82, 2.24) is 0 Å². The number of hydrogen-bond acceptors (Lipinski definition) is 5. The number of benzene rings is 2. The van der Waals surface area contributed by atoms with Gasteiger partial charge in [-0.25, -0.2) is 0 Å². The largest absolute Gasteiger partial charge is 0.508 e. The van der Waals surface area contributed by atoms with Crippen molar-refractivity contribution in [2.24, 2.45) is 0 Å². The van der Waals surface area contributed by atoms with Crippen molar-refractivity contribution >= 4 is 5.78 Å². The van der Waals surface area contributed by atoms with E-state index in [1.54, 1.807) is 0 Å². The minimum absolute atomic E-state index is 0.0363. The Morgan fingerprint density at radius 2 is 1.15 bits per heavy atom. The molecule has 0 aliphatic carbocycles. The van der Waals surface area contributed by atoms with Crippen LogP contribution in [0.2, 0.25) is 0 Å². The summed E-state index contributed by atoms with van der Waals surface area (Å²) in [6.45, 7) is 0. The summed E-state index contributed by atoms with van der Waals surface area (Å²) in [5.74, 6) is -0.476. The first-order valence-electron chi connectivity index (χ1n) is 5.99. The van der Waals surface area contributed by atoms with Crippen LogP contribution in [0.4, 0.5) is 0 Å². The number of rotatable bonds is 4. The van der Waals surface area contributed by atoms with Gasteiger partial charge in [0.25, 0.3) is 0 Å². The van der Waals surface area contributed by atoms with Gasteiger partial charge in [-0.3, -0.25) is 4.79 Å². The first-order valence-corrected chi connectivity index (χ1v) is 5.99. The normalized spacial score (nSPS) is 10.4. The Balaban J connectivity index is 2.13. The number of carbonyl (C=O) groups is 1. The molecule has 0 radical (unpaired) electrons. The van der Waals surface area contributed by atoms with Gasteiger partial charge in [-0.15, -0.1) is 0 Å². The number of phenolic OH excluding ortho intramolecular Hbond substituents is 4. The van der Waals surface area contributed by atoms with Crippen LogP contribution in [0.15, 0.2) is 36.4 Å². The lowest BCUT2D eigenvalue weighted by Crippen LogP contribution is -2.07. The van der Waals surface area contributed by atoms with Crippen molar-refractivity contribution in [2.75, 3.05) is 0 Å². The van der Waals surface area contributed by atoms with Crippen LogP contribution in [-0.4, -0.2) is 26.2 Å². The monoisotopic (exact) mass is 274 g/mol. The van der Waals surface area contributed by atoms with Crippen molar-refractivity contribution < 1.29 is 25.2 Å².